The molecule has 2 aliphatic rings. The first-order valence-electron chi connectivity index (χ1n) is 11.8. The third-order valence-corrected chi connectivity index (χ3v) is 6.53. The quantitative estimate of drug-likeness (QED) is 0.721. The Balaban J connectivity index is 1.55. The monoisotopic (exact) mass is 430 g/mol. The Morgan fingerprint density at radius 2 is 1.87 bits per heavy atom. The summed E-state index contributed by atoms with van der Waals surface area (Å²) in [4.78, 5) is 32.0. The number of carbonyl (C=O) groups is 2. The molecule has 7 nitrogen and oxygen atoms in total. The number of hydrogen-bond donors (Lipinski definition) is 1. The second-order valence-corrected chi connectivity index (χ2v) is 8.59. The second kappa shape index (κ2) is 10.8. The van der Waals surface area contributed by atoms with Crippen molar-refractivity contribution in [2.75, 3.05) is 50.7 Å². The van der Waals surface area contributed by atoms with Crippen LogP contribution in [0.4, 0.5) is 10.5 Å². The van der Waals surface area contributed by atoms with E-state index in [0.717, 1.165) is 43.1 Å². The van der Waals surface area contributed by atoms with Gasteiger partial charge in [0.1, 0.15) is 11.9 Å². The molecule has 3 rings (SSSR count). The number of nitrogens with zero attached hydrogens (tertiary/aromatic N) is 3. The van der Waals surface area contributed by atoms with Gasteiger partial charge in [0.25, 0.3) is 0 Å². The number of carbonyl (C=O) groups excluding carboxylic acids is 2. The van der Waals surface area contributed by atoms with Crippen LogP contribution in [0.2, 0.25) is 0 Å². The van der Waals surface area contributed by atoms with E-state index >= 15 is 0 Å². The van der Waals surface area contributed by atoms with Gasteiger partial charge in [-0.05, 0) is 57.0 Å². The van der Waals surface area contributed by atoms with Crippen molar-refractivity contribution in [2.24, 2.45) is 5.92 Å². The molecule has 0 saturated carbocycles. The number of nitrogens with one attached hydrogen (secondary N) is 1. The highest BCUT2D eigenvalue weighted by Gasteiger charge is 2.34. The van der Waals surface area contributed by atoms with E-state index in [1.165, 1.54) is 0 Å². The van der Waals surface area contributed by atoms with Crippen molar-refractivity contribution in [3.8, 4) is 5.75 Å². The zero-order chi connectivity index (χ0) is 22.4. The molecule has 1 fully saturated rings. The SMILES string of the molecule is CCC1CN(C(=O)N2CCC(C(=O)NCCN(CC)CC)CC2)c2cc(C)ccc2O1. The molecular weight excluding hydrogens is 392 g/mol. The molecule has 1 unspecified atom stereocenters. The van der Waals surface area contributed by atoms with Gasteiger partial charge in [-0.15, -0.1) is 0 Å². The minimum Gasteiger partial charge on any atom is -0.486 e. The predicted octanol–water partition coefficient (Wildman–Crippen LogP) is 3.26. The standard InChI is InChI=1S/C24H38N4O3/c1-5-20-17-28(21-16-18(4)8-9-22(21)31-20)24(30)27-13-10-19(11-14-27)23(29)25-12-15-26(6-2)7-3/h8-9,16,19-20H,5-7,10-15,17H2,1-4H3,(H,25,29). The summed E-state index contributed by atoms with van der Waals surface area (Å²) >= 11 is 0. The van der Waals surface area contributed by atoms with E-state index in [9.17, 15) is 9.59 Å². The first kappa shape index (κ1) is 23.4. The Morgan fingerprint density at radius 1 is 1.16 bits per heavy atom. The smallest absolute Gasteiger partial charge is 0.324 e. The molecule has 7 heteroatoms. The van der Waals surface area contributed by atoms with Gasteiger partial charge in [0.15, 0.2) is 0 Å². The minimum atomic E-state index is -0.0108. The lowest BCUT2D eigenvalue weighted by Crippen LogP contribution is -2.52. The molecule has 31 heavy (non-hydrogen) atoms. The molecular formula is C24H38N4O3. The summed E-state index contributed by atoms with van der Waals surface area (Å²) in [6.07, 6.45) is 2.29. The minimum absolute atomic E-state index is 0.00767. The van der Waals surface area contributed by atoms with Crippen molar-refractivity contribution >= 4 is 17.6 Å². The van der Waals surface area contributed by atoms with Crippen LogP contribution in [0.1, 0.15) is 45.6 Å². The zero-order valence-corrected chi connectivity index (χ0v) is 19.5. The van der Waals surface area contributed by atoms with E-state index in [1.807, 2.05) is 34.9 Å². The molecule has 0 aliphatic carbocycles. The molecule has 0 radical (unpaired) electrons. The van der Waals surface area contributed by atoms with Crippen LogP contribution in [-0.4, -0.2) is 73.7 Å². The van der Waals surface area contributed by atoms with Gasteiger partial charge < -0.3 is 19.9 Å². The lowest BCUT2D eigenvalue weighted by Gasteiger charge is -2.39. The van der Waals surface area contributed by atoms with Gasteiger partial charge in [-0.25, -0.2) is 4.79 Å². The van der Waals surface area contributed by atoms with Crippen LogP contribution < -0.4 is 15.0 Å². The summed E-state index contributed by atoms with van der Waals surface area (Å²) in [5.41, 5.74) is 1.96. The molecule has 1 atom stereocenters. The van der Waals surface area contributed by atoms with Gasteiger partial charge in [-0.1, -0.05) is 26.8 Å². The summed E-state index contributed by atoms with van der Waals surface area (Å²) in [6, 6.07) is 6.02. The fourth-order valence-corrected chi connectivity index (χ4v) is 4.38. The van der Waals surface area contributed by atoms with Crippen LogP contribution in [0.3, 0.4) is 0 Å². The molecule has 1 saturated heterocycles. The highest BCUT2D eigenvalue weighted by atomic mass is 16.5. The lowest BCUT2D eigenvalue weighted by atomic mass is 9.96. The van der Waals surface area contributed by atoms with Gasteiger partial charge in [0, 0.05) is 32.1 Å². The van der Waals surface area contributed by atoms with Crippen LogP contribution in [0.15, 0.2) is 18.2 Å². The van der Waals surface area contributed by atoms with Crippen LogP contribution >= 0.6 is 0 Å². The maximum absolute atomic E-state index is 13.4. The largest absolute Gasteiger partial charge is 0.486 e. The van der Waals surface area contributed by atoms with Gasteiger partial charge in [-0.3, -0.25) is 9.69 Å². The maximum atomic E-state index is 13.4. The summed E-state index contributed by atoms with van der Waals surface area (Å²) in [5.74, 6) is 0.889. The first-order chi connectivity index (χ1) is 15.0. The van der Waals surface area contributed by atoms with Crippen molar-refractivity contribution in [1.29, 1.82) is 0 Å². The van der Waals surface area contributed by atoms with E-state index in [2.05, 4.69) is 31.0 Å². The number of fused-ring (bicyclic) bond motifs is 1. The van der Waals surface area contributed by atoms with E-state index in [4.69, 9.17) is 4.74 Å². The Bertz CT molecular complexity index is 757. The van der Waals surface area contributed by atoms with Gasteiger partial charge in [-0.2, -0.15) is 0 Å². The Labute approximate surface area is 186 Å². The first-order valence-corrected chi connectivity index (χ1v) is 11.8. The molecule has 1 aromatic rings. The number of aryl methyl sites for hydroxylation is 1. The van der Waals surface area contributed by atoms with E-state index in [0.29, 0.717) is 39.0 Å². The fraction of sp³-hybridized carbons (Fsp3) is 0.667. The van der Waals surface area contributed by atoms with Gasteiger partial charge >= 0.3 is 6.03 Å². The molecule has 3 amide bonds. The molecule has 0 bridgehead atoms. The van der Waals surface area contributed by atoms with Gasteiger partial charge in [0.05, 0.1) is 12.2 Å². The zero-order valence-electron chi connectivity index (χ0n) is 19.5. The van der Waals surface area contributed by atoms with E-state index in [1.54, 1.807) is 0 Å². The van der Waals surface area contributed by atoms with Crippen molar-refractivity contribution in [1.82, 2.24) is 15.1 Å². The third-order valence-electron chi connectivity index (χ3n) is 6.53. The number of benzene rings is 1. The van der Waals surface area contributed by atoms with E-state index < -0.39 is 0 Å². The average Bonchev–Trinajstić information content (AvgIpc) is 2.80. The Kier molecular flexibility index (Phi) is 8.18. The van der Waals surface area contributed by atoms with Crippen LogP contribution in [0, 0.1) is 12.8 Å². The molecule has 0 aromatic heterocycles. The van der Waals surface area contributed by atoms with Gasteiger partial charge in [0.2, 0.25) is 5.91 Å². The summed E-state index contributed by atoms with van der Waals surface area (Å²) in [6.45, 7) is 13.7. The fourth-order valence-electron chi connectivity index (χ4n) is 4.38. The number of hydrogen-bond acceptors (Lipinski definition) is 4. The van der Waals surface area contributed by atoms with Crippen molar-refractivity contribution < 1.29 is 14.3 Å². The number of anilines is 1. The molecule has 1 N–H and O–H groups in total. The third kappa shape index (κ3) is 5.70. The van der Waals surface area contributed by atoms with Crippen LogP contribution in [-0.2, 0) is 4.79 Å². The van der Waals surface area contributed by atoms with Crippen molar-refractivity contribution in [3.05, 3.63) is 23.8 Å². The summed E-state index contributed by atoms with van der Waals surface area (Å²) in [5, 5.41) is 3.08. The number of urea groups is 1. The van der Waals surface area contributed by atoms with Crippen molar-refractivity contribution in [3.63, 3.8) is 0 Å². The maximum Gasteiger partial charge on any atom is 0.324 e. The Morgan fingerprint density at radius 3 is 2.52 bits per heavy atom. The van der Waals surface area contributed by atoms with Crippen molar-refractivity contribution in [2.45, 2.75) is 53.1 Å². The number of likely N-dealkylation sites (N-methyl/N-ethyl adjacent to an activating group) is 1. The predicted molar refractivity (Wildman–Crippen MR) is 124 cm³/mol. The molecule has 1 aromatic carbocycles. The normalized spacial score (nSPS) is 19.2. The summed E-state index contributed by atoms with van der Waals surface area (Å²) < 4.78 is 6.05. The molecule has 2 aliphatic heterocycles. The number of piperidine rings is 1. The number of ether oxygens (including phenoxy) is 1. The molecule has 2 heterocycles. The van der Waals surface area contributed by atoms with Crippen LogP contribution in [0.25, 0.3) is 0 Å². The topological polar surface area (TPSA) is 65.1 Å². The molecule has 0 spiro atoms. The molecule has 172 valence electrons. The second-order valence-electron chi connectivity index (χ2n) is 8.59. The Hall–Kier alpha value is -2.28. The summed E-state index contributed by atoms with van der Waals surface area (Å²) in [7, 11) is 0. The highest BCUT2D eigenvalue weighted by Crippen LogP contribution is 2.36. The number of amides is 3. The van der Waals surface area contributed by atoms with Crippen LogP contribution in [0.5, 0.6) is 5.75 Å². The lowest BCUT2D eigenvalue weighted by molar-refractivity contribution is -0.126. The average molecular weight is 431 g/mol. The number of likely N-dealkylation sites (tertiary alicyclic amines) is 1. The van der Waals surface area contributed by atoms with E-state index in [-0.39, 0.29) is 24.0 Å². The highest BCUT2D eigenvalue weighted by molar-refractivity contribution is 5.94. The number of rotatable bonds is 7.